The maximum absolute atomic E-state index is 6.02. The van der Waals surface area contributed by atoms with E-state index in [1.165, 1.54) is 0 Å². The van der Waals surface area contributed by atoms with E-state index in [0.29, 0.717) is 0 Å². The molecule has 0 heterocycles. The predicted octanol–water partition coefficient (Wildman–Crippen LogP) is 2.72. The van der Waals surface area contributed by atoms with Crippen LogP contribution in [0.15, 0.2) is 0 Å². The molecule has 0 aliphatic carbocycles. The third-order valence-electron chi connectivity index (χ3n) is 2.60. The van der Waals surface area contributed by atoms with Crippen LogP contribution >= 0.6 is 0 Å². The molecule has 0 saturated carbocycles. The van der Waals surface area contributed by atoms with E-state index in [-0.39, 0.29) is 0 Å². The molecule has 0 fully saturated rings. The van der Waals surface area contributed by atoms with Gasteiger partial charge in [0.15, 0.2) is 0 Å². The molecule has 0 rings (SSSR count). The maximum Gasteiger partial charge on any atom is 0.335 e. The highest BCUT2D eigenvalue weighted by molar-refractivity contribution is 6.78. The first-order valence-corrected chi connectivity index (χ1v) is 10.9. The van der Waals surface area contributed by atoms with Crippen LogP contribution in [-0.2, 0) is 13.3 Å². The molecule has 0 N–H and O–H groups in total. The number of rotatable bonds is 7. The van der Waals surface area contributed by atoms with Crippen molar-refractivity contribution in [3.05, 3.63) is 0 Å². The molecule has 0 aliphatic rings. The Morgan fingerprint density at radius 2 is 1.58 bits per heavy atom. The van der Waals surface area contributed by atoms with E-state index in [4.69, 9.17) is 26.1 Å². The Morgan fingerprint density at radius 3 is 1.95 bits per heavy atom. The van der Waals surface area contributed by atoms with E-state index in [9.17, 15) is 0 Å². The summed E-state index contributed by atoms with van der Waals surface area (Å²) >= 11 is 0. The molecule has 0 aliphatic heterocycles. The summed E-state index contributed by atoms with van der Waals surface area (Å²) in [5.41, 5.74) is -0.404. The van der Waals surface area contributed by atoms with Gasteiger partial charge in [0.25, 0.3) is 0 Å². The lowest BCUT2D eigenvalue weighted by molar-refractivity contribution is 0.108. The van der Waals surface area contributed by atoms with Crippen molar-refractivity contribution in [2.24, 2.45) is 0 Å². The molecule has 0 aromatic heterocycles. The van der Waals surface area contributed by atoms with Gasteiger partial charge in [0.05, 0.1) is 0 Å². The average molecular weight is 298 g/mol. The van der Waals surface area contributed by atoms with Crippen LogP contribution in [-0.4, -0.2) is 35.9 Å². The highest BCUT2D eigenvalue weighted by atomic mass is 28.4. The summed E-state index contributed by atoms with van der Waals surface area (Å²) in [4.78, 5) is 0. The third kappa shape index (κ3) is 6.96. The van der Waals surface area contributed by atoms with Crippen molar-refractivity contribution in [2.75, 3.05) is 7.11 Å². The molecule has 107 valence electrons. The van der Waals surface area contributed by atoms with E-state index in [2.05, 4.69) is 18.4 Å². The van der Waals surface area contributed by atoms with Crippen LogP contribution in [0, 0.1) is 24.7 Å². The lowest BCUT2D eigenvalue weighted by Gasteiger charge is -2.34. The molecule has 19 heavy (non-hydrogen) atoms. The van der Waals surface area contributed by atoms with Crippen molar-refractivity contribution >= 4 is 17.6 Å². The lowest BCUT2D eigenvalue weighted by Crippen LogP contribution is -2.48. The van der Waals surface area contributed by atoms with E-state index in [1.54, 1.807) is 7.11 Å². The zero-order chi connectivity index (χ0) is 15.3. The Labute approximate surface area is 121 Å². The summed E-state index contributed by atoms with van der Waals surface area (Å²) in [5.74, 6) is 5.27. The fraction of sp³-hybridized carbons (Fsp3) is 0.714. The van der Waals surface area contributed by atoms with Crippen molar-refractivity contribution < 1.29 is 13.3 Å². The van der Waals surface area contributed by atoms with Gasteiger partial charge in [-0.1, -0.05) is 11.8 Å². The van der Waals surface area contributed by atoms with Gasteiger partial charge < -0.3 is 13.3 Å². The molecule has 0 saturated heterocycles. The van der Waals surface area contributed by atoms with Gasteiger partial charge in [-0.2, -0.15) is 0 Å². The van der Waals surface area contributed by atoms with Gasteiger partial charge in [-0.05, 0) is 40.8 Å². The fourth-order valence-electron chi connectivity index (χ4n) is 1.67. The lowest BCUT2D eigenvalue weighted by atomic mass is 10.2. The molecule has 0 aromatic carbocycles. The minimum Gasteiger partial charge on any atom is -0.401 e. The molecule has 0 aromatic rings. The Morgan fingerprint density at radius 1 is 1.11 bits per heavy atom. The second kappa shape index (κ2) is 6.74. The first kappa shape index (κ1) is 18.4. The summed E-state index contributed by atoms with van der Waals surface area (Å²) in [7, 11) is -1.79. The zero-order valence-corrected chi connectivity index (χ0v) is 15.1. The molecule has 5 heteroatoms. The molecular weight excluding hydrogens is 272 g/mol. The Balaban J connectivity index is 4.73. The van der Waals surface area contributed by atoms with E-state index < -0.39 is 28.8 Å². The van der Waals surface area contributed by atoms with Crippen LogP contribution in [0.5, 0.6) is 0 Å². The topological polar surface area (TPSA) is 27.7 Å². The van der Waals surface area contributed by atoms with Crippen LogP contribution in [0.2, 0.25) is 18.8 Å². The number of hydrogen-bond acceptors (Lipinski definition) is 3. The molecule has 1 unspecified atom stereocenters. The smallest absolute Gasteiger partial charge is 0.335 e. The van der Waals surface area contributed by atoms with Gasteiger partial charge in [0.2, 0.25) is 9.04 Å². The highest BCUT2D eigenvalue weighted by Crippen LogP contribution is 2.24. The van der Waals surface area contributed by atoms with Crippen molar-refractivity contribution in [1.82, 2.24) is 0 Å². The summed E-state index contributed by atoms with van der Waals surface area (Å²) < 4.78 is 17.5. The zero-order valence-electron chi connectivity index (χ0n) is 13.1. The fourth-order valence-corrected chi connectivity index (χ4v) is 8.60. The van der Waals surface area contributed by atoms with Crippen molar-refractivity contribution in [1.29, 1.82) is 0 Å². The van der Waals surface area contributed by atoms with E-state index >= 15 is 0 Å². The summed E-state index contributed by atoms with van der Waals surface area (Å²) in [6.07, 6.45) is 10.9. The van der Waals surface area contributed by atoms with Gasteiger partial charge in [-0.25, -0.2) is 0 Å². The summed E-state index contributed by atoms with van der Waals surface area (Å²) in [5, 5.41) is 0. The van der Waals surface area contributed by atoms with Crippen LogP contribution in [0.3, 0.4) is 0 Å². The molecule has 1 atom stereocenters. The minimum absolute atomic E-state index is 0.548. The SMILES string of the molecule is C#CC(C)(C)O[Si](C)C[Si](C)(OC)OC(C)(C)C#C. The van der Waals surface area contributed by atoms with E-state index in [0.717, 1.165) is 5.67 Å². The van der Waals surface area contributed by atoms with Crippen LogP contribution in [0.4, 0.5) is 0 Å². The quantitative estimate of drug-likeness (QED) is 0.534. The number of terminal acetylenes is 2. The minimum atomic E-state index is -2.35. The summed E-state index contributed by atoms with van der Waals surface area (Å²) in [6, 6.07) is 0. The monoisotopic (exact) mass is 297 g/mol. The van der Waals surface area contributed by atoms with Gasteiger partial charge in [-0.3, -0.25) is 0 Å². The standard InChI is InChI=1S/C14H25O3Si2/c1-10-13(3,4)16-18(8)12-19(9,15-7)17-14(5,6)11-2/h1-2H,12H2,3-9H3. The van der Waals surface area contributed by atoms with E-state index in [1.807, 2.05) is 34.2 Å². The van der Waals surface area contributed by atoms with Crippen LogP contribution in [0.25, 0.3) is 0 Å². The van der Waals surface area contributed by atoms with Crippen molar-refractivity contribution in [2.45, 2.75) is 57.7 Å². The van der Waals surface area contributed by atoms with Crippen molar-refractivity contribution in [3.63, 3.8) is 0 Å². The second-order valence-electron chi connectivity index (χ2n) is 5.73. The highest BCUT2D eigenvalue weighted by Gasteiger charge is 2.39. The molecule has 0 bridgehead atoms. The summed E-state index contributed by atoms with van der Waals surface area (Å²) in [6.45, 7) is 11.6. The normalized spacial score (nSPS) is 15.7. The van der Waals surface area contributed by atoms with Gasteiger partial charge in [0.1, 0.15) is 11.2 Å². The third-order valence-corrected chi connectivity index (χ3v) is 9.82. The Kier molecular flexibility index (Phi) is 6.54. The molecule has 0 spiro atoms. The van der Waals surface area contributed by atoms with Crippen LogP contribution < -0.4 is 0 Å². The average Bonchev–Trinajstić information content (AvgIpc) is 2.27. The van der Waals surface area contributed by atoms with Crippen molar-refractivity contribution in [3.8, 4) is 24.7 Å². The Hall–Kier alpha value is -0.566. The largest absolute Gasteiger partial charge is 0.401 e. The molecular formula is C14H25O3Si2. The van der Waals surface area contributed by atoms with Crippen LogP contribution in [0.1, 0.15) is 27.7 Å². The van der Waals surface area contributed by atoms with Gasteiger partial charge >= 0.3 is 8.56 Å². The first-order valence-electron chi connectivity index (χ1n) is 6.21. The van der Waals surface area contributed by atoms with Gasteiger partial charge in [-0.15, -0.1) is 12.8 Å². The second-order valence-corrected chi connectivity index (χ2v) is 11.6. The first-order chi connectivity index (χ1) is 8.49. The predicted molar refractivity (Wildman–Crippen MR) is 83.0 cm³/mol. The molecule has 3 nitrogen and oxygen atoms in total. The van der Waals surface area contributed by atoms with Gasteiger partial charge in [0, 0.05) is 12.8 Å². The maximum atomic E-state index is 6.02. The Bertz CT molecular complexity index is 379. The molecule has 1 radical (unpaired) electrons. The number of hydrogen-bond donors (Lipinski definition) is 0. The molecule has 0 amide bonds.